The monoisotopic (exact) mass is 339 g/mol. The van der Waals surface area contributed by atoms with Crippen molar-refractivity contribution >= 4 is 39.7 Å². The maximum absolute atomic E-state index is 6.03. The lowest BCUT2D eigenvalue weighted by Crippen LogP contribution is -2.02. The van der Waals surface area contributed by atoms with E-state index in [2.05, 4.69) is 27.1 Å². The molecule has 0 amide bonds. The molecule has 2 N–H and O–H groups in total. The van der Waals surface area contributed by atoms with E-state index in [-0.39, 0.29) is 0 Å². The Balaban J connectivity index is 2.01. The van der Waals surface area contributed by atoms with E-state index in [1.54, 1.807) is 6.20 Å². The van der Waals surface area contributed by atoms with Gasteiger partial charge in [-0.25, -0.2) is 4.98 Å². The zero-order valence-electron chi connectivity index (χ0n) is 13.5. The van der Waals surface area contributed by atoms with Gasteiger partial charge in [0, 0.05) is 42.8 Å². The van der Waals surface area contributed by atoms with Crippen molar-refractivity contribution in [3.05, 3.63) is 66.0 Å². The largest absolute Gasteiger partial charge is 0.383 e. The van der Waals surface area contributed by atoms with Gasteiger partial charge in [-0.05, 0) is 29.8 Å². The van der Waals surface area contributed by atoms with Crippen molar-refractivity contribution in [2.45, 2.75) is 0 Å². The number of nitrogens with one attached hydrogen (secondary N) is 2. The summed E-state index contributed by atoms with van der Waals surface area (Å²) in [6.45, 7) is 3.88. The van der Waals surface area contributed by atoms with Gasteiger partial charge >= 0.3 is 0 Å². The summed E-state index contributed by atoms with van der Waals surface area (Å²) < 4.78 is 0. The minimum Gasteiger partial charge on any atom is -0.383 e. The van der Waals surface area contributed by atoms with Crippen molar-refractivity contribution < 1.29 is 0 Å². The Morgan fingerprint density at radius 3 is 2.88 bits per heavy atom. The first-order valence-corrected chi connectivity index (χ1v) is 7.82. The predicted octanol–water partition coefficient (Wildman–Crippen LogP) is 4.44. The van der Waals surface area contributed by atoms with Crippen LogP contribution in [0.25, 0.3) is 16.6 Å². The molecule has 1 aromatic carbocycles. The SMILES string of the molecule is C=C/C(=C\N(C)C)c1cnc2[nH]nc(Nc3cccc(Cl)c3)c2c1. The highest BCUT2D eigenvalue weighted by molar-refractivity contribution is 6.30. The van der Waals surface area contributed by atoms with Crippen LogP contribution in [0.3, 0.4) is 0 Å². The number of hydrogen-bond acceptors (Lipinski definition) is 4. The number of fused-ring (bicyclic) bond motifs is 1. The van der Waals surface area contributed by atoms with Gasteiger partial charge in [-0.1, -0.05) is 30.3 Å². The predicted molar refractivity (Wildman–Crippen MR) is 100 cm³/mol. The quantitative estimate of drug-likeness (QED) is 0.674. The second-order valence-corrected chi connectivity index (χ2v) is 6.02. The number of nitrogens with zero attached hydrogens (tertiary/aromatic N) is 3. The number of allylic oxidation sites excluding steroid dienone is 2. The van der Waals surface area contributed by atoms with E-state index in [0.29, 0.717) is 10.8 Å². The molecule has 6 heteroatoms. The molecule has 0 aliphatic rings. The first-order valence-electron chi connectivity index (χ1n) is 7.44. The van der Waals surface area contributed by atoms with Crippen molar-refractivity contribution in [1.29, 1.82) is 0 Å². The Labute approximate surface area is 145 Å². The van der Waals surface area contributed by atoms with E-state index < -0.39 is 0 Å². The number of anilines is 2. The van der Waals surface area contributed by atoms with Gasteiger partial charge in [-0.3, -0.25) is 5.10 Å². The molecule has 0 spiro atoms. The zero-order chi connectivity index (χ0) is 17.1. The van der Waals surface area contributed by atoms with Crippen LogP contribution in [0.4, 0.5) is 11.5 Å². The van der Waals surface area contributed by atoms with Gasteiger partial charge in [0.1, 0.15) is 0 Å². The molecule has 2 aromatic heterocycles. The van der Waals surface area contributed by atoms with Gasteiger partial charge in [0.25, 0.3) is 0 Å². The summed E-state index contributed by atoms with van der Waals surface area (Å²) >= 11 is 6.03. The summed E-state index contributed by atoms with van der Waals surface area (Å²) in [5.41, 5.74) is 3.55. The fourth-order valence-corrected chi connectivity index (χ4v) is 2.57. The minimum atomic E-state index is 0.668. The standard InChI is InChI=1S/C18H18ClN5/c1-4-12(11-24(2)3)13-8-16-17(20-10-13)22-23-18(16)21-15-7-5-6-14(19)9-15/h4-11H,1H2,2-3H3,(H2,20,21,22,23)/b12-11+. The third-order valence-electron chi connectivity index (χ3n) is 3.45. The summed E-state index contributed by atoms with van der Waals surface area (Å²) in [6.07, 6.45) is 5.62. The molecule has 0 saturated carbocycles. The molecule has 122 valence electrons. The minimum absolute atomic E-state index is 0.668. The smallest absolute Gasteiger partial charge is 0.161 e. The van der Waals surface area contributed by atoms with Crippen LogP contribution in [0.15, 0.2) is 55.4 Å². The molecule has 2 heterocycles. The van der Waals surface area contributed by atoms with Crippen LogP contribution >= 0.6 is 11.6 Å². The molecule has 3 aromatic rings. The third-order valence-corrected chi connectivity index (χ3v) is 3.69. The molecule has 3 rings (SSSR count). The number of aromatic amines is 1. The van der Waals surface area contributed by atoms with Gasteiger partial charge < -0.3 is 10.2 Å². The second kappa shape index (κ2) is 6.76. The highest BCUT2D eigenvalue weighted by Gasteiger charge is 2.10. The molecule has 0 radical (unpaired) electrons. The molecule has 0 aliphatic heterocycles. The van der Waals surface area contributed by atoms with Crippen LogP contribution < -0.4 is 5.32 Å². The topological polar surface area (TPSA) is 56.8 Å². The van der Waals surface area contributed by atoms with Crippen molar-refractivity contribution in [3.8, 4) is 0 Å². The lowest BCUT2D eigenvalue weighted by molar-refractivity contribution is 0.566. The van der Waals surface area contributed by atoms with Crippen LogP contribution in [-0.2, 0) is 0 Å². The third kappa shape index (κ3) is 3.41. The maximum Gasteiger partial charge on any atom is 0.161 e. The number of halogens is 1. The number of rotatable bonds is 5. The Morgan fingerprint density at radius 1 is 1.33 bits per heavy atom. The highest BCUT2D eigenvalue weighted by Crippen LogP contribution is 2.27. The number of H-pyrrole nitrogens is 1. The van der Waals surface area contributed by atoms with Crippen LogP contribution in [0, 0.1) is 0 Å². The van der Waals surface area contributed by atoms with Crippen LogP contribution in [0.5, 0.6) is 0 Å². The molecule has 0 bridgehead atoms. The highest BCUT2D eigenvalue weighted by atomic mass is 35.5. The van der Waals surface area contributed by atoms with Crippen molar-refractivity contribution in [2.75, 3.05) is 19.4 Å². The van der Waals surface area contributed by atoms with E-state index in [1.165, 1.54) is 0 Å². The summed E-state index contributed by atoms with van der Waals surface area (Å²) in [4.78, 5) is 6.42. The molecule has 0 atom stereocenters. The summed E-state index contributed by atoms with van der Waals surface area (Å²) in [7, 11) is 3.94. The van der Waals surface area contributed by atoms with E-state index in [1.807, 2.05) is 61.6 Å². The van der Waals surface area contributed by atoms with Gasteiger partial charge in [0.05, 0.1) is 5.39 Å². The lowest BCUT2D eigenvalue weighted by atomic mass is 10.1. The fraction of sp³-hybridized carbons (Fsp3) is 0.111. The lowest BCUT2D eigenvalue weighted by Gasteiger charge is -2.09. The molecule has 0 aliphatic carbocycles. The van der Waals surface area contributed by atoms with Crippen molar-refractivity contribution in [2.24, 2.45) is 0 Å². The molecule has 5 nitrogen and oxygen atoms in total. The normalized spacial score (nSPS) is 11.5. The Morgan fingerprint density at radius 2 is 2.17 bits per heavy atom. The van der Waals surface area contributed by atoms with Gasteiger partial charge in [0.2, 0.25) is 0 Å². The van der Waals surface area contributed by atoms with E-state index >= 15 is 0 Å². The number of benzene rings is 1. The summed E-state index contributed by atoms with van der Waals surface area (Å²) in [6, 6.07) is 9.54. The molecule has 0 saturated heterocycles. The number of pyridine rings is 1. The second-order valence-electron chi connectivity index (χ2n) is 5.58. The van der Waals surface area contributed by atoms with Gasteiger partial charge in [-0.2, -0.15) is 5.10 Å². The van der Waals surface area contributed by atoms with Crippen LogP contribution in [-0.4, -0.2) is 34.2 Å². The number of hydrogen-bond donors (Lipinski definition) is 2. The van der Waals surface area contributed by atoms with Crippen molar-refractivity contribution in [1.82, 2.24) is 20.1 Å². The molecular weight excluding hydrogens is 322 g/mol. The van der Waals surface area contributed by atoms with Gasteiger partial charge in [-0.15, -0.1) is 0 Å². The summed E-state index contributed by atoms with van der Waals surface area (Å²) in [5.74, 6) is 0.704. The van der Waals surface area contributed by atoms with Crippen molar-refractivity contribution in [3.63, 3.8) is 0 Å². The Kier molecular flexibility index (Phi) is 4.53. The Bertz CT molecular complexity index is 911. The first-order chi connectivity index (χ1) is 11.6. The molecule has 0 fully saturated rings. The summed E-state index contributed by atoms with van der Waals surface area (Å²) in [5, 5.41) is 12.1. The average Bonchev–Trinajstić information content (AvgIpc) is 2.95. The number of aromatic nitrogens is 3. The van der Waals surface area contributed by atoms with Crippen LogP contribution in [0.1, 0.15) is 5.56 Å². The van der Waals surface area contributed by atoms with E-state index in [9.17, 15) is 0 Å². The molecule has 24 heavy (non-hydrogen) atoms. The maximum atomic E-state index is 6.03. The van der Waals surface area contributed by atoms with Gasteiger partial charge in [0.15, 0.2) is 11.5 Å². The zero-order valence-corrected chi connectivity index (χ0v) is 14.3. The molecule has 0 unspecified atom stereocenters. The first kappa shape index (κ1) is 16.1. The van der Waals surface area contributed by atoms with E-state index in [4.69, 9.17) is 11.6 Å². The van der Waals surface area contributed by atoms with Crippen LogP contribution in [0.2, 0.25) is 5.02 Å². The fourth-order valence-electron chi connectivity index (χ4n) is 2.38. The Hall–Kier alpha value is -2.79. The molecular formula is C18H18ClN5. The average molecular weight is 340 g/mol. The van der Waals surface area contributed by atoms with E-state index in [0.717, 1.165) is 27.9 Å².